The summed E-state index contributed by atoms with van der Waals surface area (Å²) in [4.78, 5) is 4.23. The SMILES string of the molecule is CCC(C)c1ccccc1Oc1ncc(CCl)cc1Cl. The first-order chi connectivity index (χ1) is 9.65. The number of ether oxygens (including phenoxy) is 1. The molecule has 1 aromatic heterocycles. The van der Waals surface area contributed by atoms with Crippen molar-refractivity contribution in [3.8, 4) is 11.6 Å². The van der Waals surface area contributed by atoms with E-state index >= 15 is 0 Å². The largest absolute Gasteiger partial charge is 0.437 e. The number of nitrogens with zero attached hydrogens (tertiary/aromatic N) is 1. The zero-order valence-electron chi connectivity index (χ0n) is 11.6. The minimum Gasteiger partial charge on any atom is -0.437 e. The summed E-state index contributed by atoms with van der Waals surface area (Å²) in [6.07, 6.45) is 2.73. The van der Waals surface area contributed by atoms with E-state index < -0.39 is 0 Å². The Morgan fingerprint density at radius 2 is 2.05 bits per heavy atom. The van der Waals surface area contributed by atoms with Gasteiger partial charge in [-0.1, -0.05) is 43.6 Å². The predicted octanol–water partition coefficient (Wildman–Crippen LogP) is 5.78. The summed E-state index contributed by atoms with van der Waals surface area (Å²) < 4.78 is 5.88. The summed E-state index contributed by atoms with van der Waals surface area (Å²) in [5.41, 5.74) is 2.04. The molecule has 0 fully saturated rings. The fourth-order valence-electron chi connectivity index (χ4n) is 1.92. The van der Waals surface area contributed by atoms with Crippen LogP contribution < -0.4 is 4.74 Å². The van der Waals surface area contributed by atoms with E-state index in [1.165, 1.54) is 0 Å². The molecular weight excluding hydrogens is 293 g/mol. The van der Waals surface area contributed by atoms with E-state index in [0.29, 0.717) is 22.7 Å². The normalized spacial score (nSPS) is 12.2. The Balaban J connectivity index is 2.30. The second kappa shape index (κ2) is 6.96. The lowest BCUT2D eigenvalue weighted by atomic mass is 9.98. The van der Waals surface area contributed by atoms with Gasteiger partial charge in [0.2, 0.25) is 5.88 Å². The molecule has 1 heterocycles. The van der Waals surface area contributed by atoms with Crippen LogP contribution in [0, 0.1) is 0 Å². The van der Waals surface area contributed by atoms with Crippen molar-refractivity contribution in [2.45, 2.75) is 32.1 Å². The summed E-state index contributed by atoms with van der Waals surface area (Å²) in [5.74, 6) is 2.02. The molecule has 0 saturated heterocycles. The van der Waals surface area contributed by atoms with E-state index in [4.69, 9.17) is 27.9 Å². The third-order valence-electron chi connectivity index (χ3n) is 3.29. The molecule has 2 aromatic rings. The maximum absolute atomic E-state index is 6.18. The molecule has 4 heteroatoms. The van der Waals surface area contributed by atoms with Crippen LogP contribution in [0.25, 0.3) is 0 Å². The van der Waals surface area contributed by atoms with Crippen LogP contribution in [0.15, 0.2) is 36.5 Å². The zero-order valence-corrected chi connectivity index (χ0v) is 13.1. The summed E-state index contributed by atoms with van der Waals surface area (Å²) >= 11 is 11.9. The highest BCUT2D eigenvalue weighted by atomic mass is 35.5. The Hall–Kier alpha value is -1.25. The molecule has 0 radical (unpaired) electrons. The Bertz CT molecular complexity index is 586. The number of aromatic nitrogens is 1. The number of halogens is 2. The van der Waals surface area contributed by atoms with Gasteiger partial charge in [-0.05, 0) is 35.6 Å². The molecule has 106 valence electrons. The van der Waals surface area contributed by atoms with Crippen molar-refractivity contribution in [3.63, 3.8) is 0 Å². The van der Waals surface area contributed by atoms with Crippen LogP contribution in [0.4, 0.5) is 0 Å². The lowest BCUT2D eigenvalue weighted by Gasteiger charge is -2.15. The maximum Gasteiger partial charge on any atom is 0.238 e. The van der Waals surface area contributed by atoms with Crippen molar-refractivity contribution in [2.24, 2.45) is 0 Å². The monoisotopic (exact) mass is 309 g/mol. The summed E-state index contributed by atoms with van der Waals surface area (Å²) in [7, 11) is 0. The second-order valence-corrected chi connectivity index (χ2v) is 5.39. The molecule has 0 amide bonds. The van der Waals surface area contributed by atoms with Gasteiger partial charge in [-0.25, -0.2) is 4.98 Å². The van der Waals surface area contributed by atoms with Crippen molar-refractivity contribution in [3.05, 3.63) is 52.7 Å². The van der Waals surface area contributed by atoms with Gasteiger partial charge in [-0.2, -0.15) is 0 Å². The van der Waals surface area contributed by atoms with Crippen molar-refractivity contribution in [1.82, 2.24) is 4.98 Å². The third kappa shape index (κ3) is 3.44. The fraction of sp³-hybridized carbons (Fsp3) is 0.312. The topological polar surface area (TPSA) is 22.1 Å². The van der Waals surface area contributed by atoms with Crippen molar-refractivity contribution >= 4 is 23.2 Å². The second-order valence-electron chi connectivity index (χ2n) is 4.71. The van der Waals surface area contributed by atoms with E-state index in [9.17, 15) is 0 Å². The van der Waals surface area contributed by atoms with Crippen LogP contribution in [0.3, 0.4) is 0 Å². The highest BCUT2D eigenvalue weighted by Gasteiger charge is 2.12. The lowest BCUT2D eigenvalue weighted by Crippen LogP contribution is -1.97. The zero-order chi connectivity index (χ0) is 14.5. The van der Waals surface area contributed by atoms with Crippen LogP contribution in [-0.4, -0.2) is 4.98 Å². The van der Waals surface area contributed by atoms with Gasteiger partial charge in [0.15, 0.2) is 0 Å². The third-order valence-corrected chi connectivity index (χ3v) is 3.87. The van der Waals surface area contributed by atoms with Gasteiger partial charge in [0.05, 0.1) is 0 Å². The molecule has 0 bridgehead atoms. The first-order valence-corrected chi connectivity index (χ1v) is 7.54. The van der Waals surface area contributed by atoms with Gasteiger partial charge in [0.1, 0.15) is 10.8 Å². The lowest BCUT2D eigenvalue weighted by molar-refractivity contribution is 0.452. The molecule has 0 N–H and O–H groups in total. The molecule has 20 heavy (non-hydrogen) atoms. The van der Waals surface area contributed by atoms with Gasteiger partial charge in [0.25, 0.3) is 0 Å². The minimum atomic E-state index is 0.385. The Labute approximate surface area is 129 Å². The van der Waals surface area contributed by atoms with Crippen molar-refractivity contribution < 1.29 is 4.74 Å². The smallest absolute Gasteiger partial charge is 0.238 e. The fourth-order valence-corrected chi connectivity index (χ4v) is 2.29. The Kier molecular flexibility index (Phi) is 5.27. The van der Waals surface area contributed by atoms with Gasteiger partial charge >= 0.3 is 0 Å². The molecule has 0 aliphatic heterocycles. The predicted molar refractivity (Wildman–Crippen MR) is 84.0 cm³/mol. The highest BCUT2D eigenvalue weighted by Crippen LogP contribution is 2.34. The quantitative estimate of drug-likeness (QED) is 0.653. The van der Waals surface area contributed by atoms with Gasteiger partial charge in [0, 0.05) is 12.1 Å². The first kappa shape index (κ1) is 15.1. The van der Waals surface area contributed by atoms with Crippen LogP contribution in [0.1, 0.15) is 37.3 Å². The Morgan fingerprint density at radius 1 is 1.30 bits per heavy atom. The van der Waals surface area contributed by atoms with Crippen LogP contribution >= 0.6 is 23.2 Å². The average molecular weight is 310 g/mol. The summed E-state index contributed by atoms with van der Waals surface area (Å²) in [6.45, 7) is 4.33. The molecule has 0 spiro atoms. The van der Waals surface area contributed by atoms with Crippen LogP contribution in [0.5, 0.6) is 11.6 Å². The van der Waals surface area contributed by atoms with E-state index in [1.807, 2.05) is 18.2 Å². The first-order valence-electron chi connectivity index (χ1n) is 6.62. The number of para-hydroxylation sites is 1. The van der Waals surface area contributed by atoms with Crippen molar-refractivity contribution in [1.29, 1.82) is 0 Å². The molecule has 1 atom stereocenters. The number of pyridine rings is 1. The molecule has 0 saturated carbocycles. The molecule has 1 unspecified atom stereocenters. The van der Waals surface area contributed by atoms with Crippen LogP contribution in [0.2, 0.25) is 5.02 Å². The van der Waals surface area contributed by atoms with Crippen LogP contribution in [-0.2, 0) is 5.88 Å². The highest BCUT2D eigenvalue weighted by molar-refractivity contribution is 6.32. The Morgan fingerprint density at radius 3 is 2.70 bits per heavy atom. The number of alkyl halides is 1. The molecule has 0 aliphatic carbocycles. The molecule has 2 rings (SSSR count). The molecule has 2 nitrogen and oxygen atoms in total. The van der Waals surface area contributed by atoms with E-state index in [0.717, 1.165) is 23.3 Å². The van der Waals surface area contributed by atoms with Gasteiger partial charge in [-0.3, -0.25) is 0 Å². The number of benzene rings is 1. The van der Waals surface area contributed by atoms with E-state index in [1.54, 1.807) is 12.3 Å². The van der Waals surface area contributed by atoms with E-state index in [2.05, 4.69) is 24.9 Å². The average Bonchev–Trinajstić information content (AvgIpc) is 2.49. The number of hydrogen-bond donors (Lipinski definition) is 0. The minimum absolute atomic E-state index is 0.385. The standard InChI is InChI=1S/C16H17Cl2NO/c1-3-11(2)13-6-4-5-7-15(13)20-16-14(18)8-12(9-17)10-19-16/h4-8,10-11H,3,9H2,1-2H3. The maximum atomic E-state index is 6.18. The summed E-state index contributed by atoms with van der Waals surface area (Å²) in [5, 5.41) is 0.474. The molecule has 0 aliphatic rings. The number of rotatable bonds is 5. The molecule has 1 aromatic carbocycles. The van der Waals surface area contributed by atoms with E-state index in [-0.39, 0.29) is 0 Å². The molecular formula is C16H17Cl2NO. The van der Waals surface area contributed by atoms with Gasteiger partial charge in [-0.15, -0.1) is 11.6 Å². The van der Waals surface area contributed by atoms with Crippen molar-refractivity contribution in [2.75, 3.05) is 0 Å². The van der Waals surface area contributed by atoms with Gasteiger partial charge < -0.3 is 4.74 Å². The summed E-state index contributed by atoms with van der Waals surface area (Å²) in [6, 6.07) is 9.75. The number of hydrogen-bond acceptors (Lipinski definition) is 2.